The van der Waals surface area contributed by atoms with Crippen LogP contribution in [0.5, 0.6) is 5.75 Å². The third-order valence-corrected chi connectivity index (χ3v) is 3.64. The van der Waals surface area contributed by atoms with Crippen molar-refractivity contribution in [2.24, 2.45) is 0 Å². The van der Waals surface area contributed by atoms with Crippen molar-refractivity contribution in [2.75, 3.05) is 26.4 Å². The van der Waals surface area contributed by atoms with Gasteiger partial charge in [0.05, 0.1) is 13.2 Å². The summed E-state index contributed by atoms with van der Waals surface area (Å²) in [7, 11) is 0. The van der Waals surface area contributed by atoms with E-state index in [0.29, 0.717) is 32.7 Å². The van der Waals surface area contributed by atoms with Crippen molar-refractivity contribution in [1.29, 1.82) is 0 Å². The van der Waals surface area contributed by atoms with E-state index >= 15 is 0 Å². The number of carbonyl (C=O) groups is 1. The second-order valence-electron chi connectivity index (χ2n) is 5.46. The van der Waals surface area contributed by atoms with Crippen molar-refractivity contribution in [1.82, 2.24) is 0 Å². The van der Waals surface area contributed by atoms with Crippen molar-refractivity contribution in [2.45, 2.75) is 45.3 Å². The smallest absolute Gasteiger partial charge is 0.306 e. The summed E-state index contributed by atoms with van der Waals surface area (Å²) in [6, 6.07) is 7.77. The fraction of sp³-hybridized carbons (Fsp3) is 0.611. The number of benzene rings is 1. The molecule has 0 N–H and O–H groups in total. The average Bonchev–Trinajstić information content (AvgIpc) is 2.59. The highest BCUT2D eigenvalue weighted by Crippen LogP contribution is 2.15. The van der Waals surface area contributed by atoms with Gasteiger partial charge in [-0.05, 0) is 50.3 Å². The van der Waals surface area contributed by atoms with Gasteiger partial charge in [0.15, 0.2) is 6.29 Å². The summed E-state index contributed by atoms with van der Waals surface area (Å²) < 4.78 is 21.7. The quantitative estimate of drug-likeness (QED) is 0.516. The zero-order chi connectivity index (χ0) is 16.3. The van der Waals surface area contributed by atoms with Gasteiger partial charge in [-0.15, -0.1) is 0 Å². The number of carbonyl (C=O) groups excluding carboxylic acids is 1. The Kier molecular flexibility index (Phi) is 7.90. The fourth-order valence-electron chi connectivity index (χ4n) is 2.41. The lowest BCUT2D eigenvalue weighted by Gasteiger charge is -2.22. The summed E-state index contributed by atoms with van der Waals surface area (Å²) >= 11 is 0. The van der Waals surface area contributed by atoms with Crippen molar-refractivity contribution >= 4 is 5.97 Å². The molecule has 0 radical (unpaired) electrons. The topological polar surface area (TPSA) is 54.0 Å². The molecule has 5 heteroatoms. The van der Waals surface area contributed by atoms with E-state index in [-0.39, 0.29) is 12.3 Å². The summed E-state index contributed by atoms with van der Waals surface area (Å²) in [6.45, 7) is 4.06. The Balaban J connectivity index is 1.61. The molecule has 0 aromatic heterocycles. The molecule has 0 saturated carbocycles. The maximum Gasteiger partial charge on any atom is 0.306 e. The van der Waals surface area contributed by atoms with Gasteiger partial charge >= 0.3 is 5.97 Å². The second kappa shape index (κ2) is 10.2. The van der Waals surface area contributed by atoms with Crippen LogP contribution < -0.4 is 4.74 Å². The molecule has 1 aromatic rings. The predicted octanol–water partition coefficient (Wildman–Crippen LogP) is 3.10. The molecule has 0 aliphatic carbocycles. The first-order valence-electron chi connectivity index (χ1n) is 8.38. The lowest BCUT2D eigenvalue weighted by Crippen LogP contribution is -2.24. The number of aryl methyl sites for hydroxylation is 1. The highest BCUT2D eigenvalue weighted by atomic mass is 16.7. The fourth-order valence-corrected chi connectivity index (χ4v) is 2.41. The van der Waals surface area contributed by atoms with Gasteiger partial charge < -0.3 is 18.9 Å². The van der Waals surface area contributed by atoms with Crippen molar-refractivity contribution < 1.29 is 23.7 Å². The SMILES string of the molecule is CCOC(=O)CCc1ccc(OCCOC2CCCCO2)cc1. The third kappa shape index (κ3) is 7.01. The Morgan fingerprint density at radius 1 is 1.22 bits per heavy atom. The van der Waals surface area contributed by atoms with Gasteiger partial charge in [0.1, 0.15) is 12.4 Å². The number of hydrogen-bond donors (Lipinski definition) is 0. The molecule has 128 valence electrons. The first kappa shape index (κ1) is 17.8. The summed E-state index contributed by atoms with van der Waals surface area (Å²) in [5, 5.41) is 0. The van der Waals surface area contributed by atoms with Crippen LogP contribution in [0.3, 0.4) is 0 Å². The normalized spacial score (nSPS) is 17.7. The molecule has 1 fully saturated rings. The molecule has 1 aliphatic heterocycles. The van der Waals surface area contributed by atoms with E-state index in [4.69, 9.17) is 18.9 Å². The molecule has 5 nitrogen and oxygen atoms in total. The van der Waals surface area contributed by atoms with Gasteiger partial charge in [0, 0.05) is 13.0 Å². The van der Waals surface area contributed by atoms with E-state index in [1.165, 1.54) is 6.42 Å². The Morgan fingerprint density at radius 3 is 2.74 bits per heavy atom. The van der Waals surface area contributed by atoms with Crippen LogP contribution in [0, 0.1) is 0 Å². The van der Waals surface area contributed by atoms with Gasteiger partial charge in [-0.1, -0.05) is 12.1 Å². The minimum absolute atomic E-state index is 0.0717. The third-order valence-electron chi connectivity index (χ3n) is 3.64. The summed E-state index contributed by atoms with van der Waals surface area (Å²) in [4.78, 5) is 11.3. The maximum atomic E-state index is 11.3. The van der Waals surface area contributed by atoms with E-state index in [2.05, 4.69) is 0 Å². The molecule has 1 aromatic carbocycles. The molecule has 1 saturated heterocycles. The van der Waals surface area contributed by atoms with Gasteiger partial charge in [-0.2, -0.15) is 0 Å². The van der Waals surface area contributed by atoms with Crippen LogP contribution in [0.25, 0.3) is 0 Å². The van der Waals surface area contributed by atoms with Crippen LogP contribution >= 0.6 is 0 Å². The van der Waals surface area contributed by atoms with Gasteiger partial charge in [-0.3, -0.25) is 4.79 Å². The van der Waals surface area contributed by atoms with E-state index < -0.39 is 0 Å². The van der Waals surface area contributed by atoms with Crippen LogP contribution in [0.2, 0.25) is 0 Å². The second-order valence-corrected chi connectivity index (χ2v) is 5.46. The molecule has 2 rings (SSSR count). The molecule has 1 unspecified atom stereocenters. The number of esters is 1. The maximum absolute atomic E-state index is 11.3. The van der Waals surface area contributed by atoms with Gasteiger partial charge in [0.2, 0.25) is 0 Å². The first-order valence-corrected chi connectivity index (χ1v) is 8.38. The van der Waals surface area contributed by atoms with Crippen molar-refractivity contribution in [3.05, 3.63) is 29.8 Å². The van der Waals surface area contributed by atoms with E-state index in [0.717, 1.165) is 30.8 Å². The Labute approximate surface area is 137 Å². The molecule has 0 spiro atoms. The summed E-state index contributed by atoms with van der Waals surface area (Å²) in [5.41, 5.74) is 1.09. The minimum Gasteiger partial charge on any atom is -0.491 e. The van der Waals surface area contributed by atoms with E-state index in [1.54, 1.807) is 0 Å². The van der Waals surface area contributed by atoms with Crippen LogP contribution in [0.4, 0.5) is 0 Å². The van der Waals surface area contributed by atoms with Gasteiger partial charge in [0.25, 0.3) is 0 Å². The lowest BCUT2D eigenvalue weighted by atomic mass is 10.1. The molecular weight excluding hydrogens is 296 g/mol. The number of hydrogen-bond acceptors (Lipinski definition) is 5. The first-order chi connectivity index (χ1) is 11.3. The Morgan fingerprint density at radius 2 is 2.04 bits per heavy atom. The van der Waals surface area contributed by atoms with Crippen LogP contribution in [0.15, 0.2) is 24.3 Å². The van der Waals surface area contributed by atoms with Crippen LogP contribution in [-0.2, 0) is 25.4 Å². The van der Waals surface area contributed by atoms with Crippen molar-refractivity contribution in [3.8, 4) is 5.75 Å². The lowest BCUT2D eigenvalue weighted by molar-refractivity contribution is -0.165. The minimum atomic E-state index is -0.157. The standard InChI is InChI=1S/C18H26O5/c1-2-20-17(19)11-8-15-6-9-16(10-7-15)21-13-14-23-18-5-3-4-12-22-18/h6-7,9-10,18H,2-5,8,11-14H2,1H3. The molecule has 23 heavy (non-hydrogen) atoms. The zero-order valence-corrected chi connectivity index (χ0v) is 13.8. The number of ether oxygens (including phenoxy) is 4. The molecule has 0 amide bonds. The van der Waals surface area contributed by atoms with Crippen LogP contribution in [0.1, 0.15) is 38.2 Å². The Hall–Kier alpha value is -1.59. The average molecular weight is 322 g/mol. The molecule has 1 atom stereocenters. The zero-order valence-electron chi connectivity index (χ0n) is 13.8. The molecule has 1 aliphatic rings. The highest BCUT2D eigenvalue weighted by molar-refractivity contribution is 5.69. The van der Waals surface area contributed by atoms with Crippen molar-refractivity contribution in [3.63, 3.8) is 0 Å². The predicted molar refractivity (Wildman–Crippen MR) is 86.4 cm³/mol. The monoisotopic (exact) mass is 322 g/mol. The van der Waals surface area contributed by atoms with Gasteiger partial charge in [-0.25, -0.2) is 0 Å². The van der Waals surface area contributed by atoms with E-state index in [1.807, 2.05) is 31.2 Å². The van der Waals surface area contributed by atoms with E-state index in [9.17, 15) is 4.79 Å². The molecule has 0 bridgehead atoms. The van der Waals surface area contributed by atoms with Crippen LogP contribution in [-0.4, -0.2) is 38.7 Å². The summed E-state index contributed by atoms with van der Waals surface area (Å²) in [5.74, 6) is 0.646. The molecule has 1 heterocycles. The largest absolute Gasteiger partial charge is 0.491 e. The summed E-state index contributed by atoms with van der Waals surface area (Å²) in [6.07, 6.45) is 4.27. The Bertz CT molecular complexity index is 451. The number of rotatable bonds is 9. The molecular formula is C18H26O5. The highest BCUT2D eigenvalue weighted by Gasteiger charge is 2.13.